The highest BCUT2D eigenvalue weighted by atomic mass is 28.3. The second-order valence-electron chi connectivity index (χ2n) is 25.4. The smallest absolute Gasteiger partial charge is 0.0439 e. The number of hydrogen-bond donors (Lipinski definition) is 0. The maximum atomic E-state index is 2.46. The number of allylic oxidation sites excluding steroid dienone is 2. The Morgan fingerprint density at radius 2 is 0.641 bits per heavy atom. The Hall–Kier alpha value is -0.0831. The molecule has 0 saturated heterocycles. The van der Waals surface area contributed by atoms with E-state index in [0.717, 1.165) is 16.2 Å². The number of hydrogen-bond acceptors (Lipinski definition) is 1. The third kappa shape index (κ3) is 51.3. The summed E-state index contributed by atoms with van der Waals surface area (Å²) in [4.78, 5) is 2.38. The van der Waals surface area contributed by atoms with Gasteiger partial charge < -0.3 is 0 Å². The van der Waals surface area contributed by atoms with Crippen LogP contribution in [0, 0.1) is 27.1 Å². The molecular weight excluding hydrogens is 787 g/mol. The molecule has 4 saturated carbocycles. The van der Waals surface area contributed by atoms with Gasteiger partial charge >= 0.3 is 0 Å². The van der Waals surface area contributed by atoms with Crippen molar-refractivity contribution in [2.24, 2.45) is 27.1 Å². The Bertz CT molecular complexity index is 915. The van der Waals surface area contributed by atoms with Crippen LogP contribution in [-0.2, 0) is 0 Å². The topological polar surface area (TPSA) is 3.24 Å². The first-order valence-electron chi connectivity index (χ1n) is 25.5. The zero-order valence-electron chi connectivity index (χ0n) is 46.6. The molecule has 0 amide bonds. The lowest BCUT2D eigenvalue weighted by molar-refractivity contribution is 0.0700. The van der Waals surface area contributed by atoms with Gasteiger partial charge in [0.15, 0.2) is 0 Å². The van der Waals surface area contributed by atoms with E-state index in [4.69, 9.17) is 0 Å². The Balaban J connectivity index is -0.0000000648. The predicted molar refractivity (Wildman–Crippen MR) is 319 cm³/mol. The van der Waals surface area contributed by atoms with Crippen molar-refractivity contribution in [1.82, 2.24) is 4.90 Å². The molecule has 5 aliphatic carbocycles. The highest BCUT2D eigenvalue weighted by molar-refractivity contribution is 6.75. The van der Waals surface area contributed by atoms with Gasteiger partial charge in [-0.1, -0.05) is 224 Å². The standard InChI is InChI=1S/C10H20.C9H21N.C9H16.C6H10.C6H14.C5H14Si.C5H10.C4H10.C2H6.6CH4/c1-9(2)5-7-10(3,4)8-6-9;1-8(2,3)10(7)9(4,5)6;1-8-3-5-9(2,7-8)6-4-8;1-5-3-4-6(5)2;1-3-5-6-4-2;1-5-6(2,3)4;1-5(2)3-4-5;1-3-4-2;1-2;;;;;;/h5-8H2,1-4H3;1-7H3;3-7H2,1-2H3;3-4H2,1-2H3;3-6H2,1-2H3;5H2,1-4H3;3-4H2,1-2H3;3-4H2,1-2H3;1-2H3;6*1H4. The highest BCUT2D eigenvalue weighted by Gasteiger charge is 2.48. The van der Waals surface area contributed by atoms with Crippen molar-refractivity contribution >= 4 is 8.07 Å². The van der Waals surface area contributed by atoms with Gasteiger partial charge in [0.25, 0.3) is 0 Å². The van der Waals surface area contributed by atoms with Crippen LogP contribution in [-0.4, -0.2) is 31.1 Å². The second kappa shape index (κ2) is 40.8. The summed E-state index contributed by atoms with van der Waals surface area (Å²) in [5.74, 6) is 0. The lowest BCUT2D eigenvalue weighted by Gasteiger charge is -2.42. The molecule has 402 valence electrons. The highest BCUT2D eigenvalue weighted by Crippen LogP contribution is 2.60. The molecule has 0 aromatic carbocycles. The molecule has 0 aliphatic heterocycles. The minimum atomic E-state index is -0.631. The molecule has 2 bridgehead atoms. The van der Waals surface area contributed by atoms with E-state index < -0.39 is 8.07 Å². The molecular formula is C62H145NSi. The number of unbranched alkanes of at least 4 members (excludes halogenated alkanes) is 4. The first-order valence-corrected chi connectivity index (χ1v) is 29.2. The summed E-state index contributed by atoms with van der Waals surface area (Å²) in [5, 5.41) is 0. The quantitative estimate of drug-likeness (QED) is 0.151. The molecule has 5 rings (SSSR count). The van der Waals surface area contributed by atoms with E-state index in [1.54, 1.807) is 11.1 Å². The summed E-state index contributed by atoms with van der Waals surface area (Å²) in [6.45, 7) is 59.1. The largest absolute Gasteiger partial charge is 0.297 e. The molecule has 64 heavy (non-hydrogen) atoms. The third-order valence-electron chi connectivity index (χ3n) is 13.9. The molecule has 0 radical (unpaired) electrons. The van der Waals surface area contributed by atoms with Crippen LogP contribution in [0.2, 0.25) is 25.7 Å². The van der Waals surface area contributed by atoms with Crippen molar-refractivity contribution < 1.29 is 0 Å². The maximum Gasteiger partial charge on any atom is 0.0439 e. The molecule has 5 aliphatic rings. The van der Waals surface area contributed by atoms with E-state index in [9.17, 15) is 0 Å². The van der Waals surface area contributed by atoms with Crippen molar-refractivity contribution in [3.05, 3.63) is 11.1 Å². The van der Waals surface area contributed by atoms with Crippen LogP contribution in [0.4, 0.5) is 0 Å². The molecule has 0 aromatic rings. The van der Waals surface area contributed by atoms with Crippen molar-refractivity contribution in [1.29, 1.82) is 0 Å². The van der Waals surface area contributed by atoms with Gasteiger partial charge in [-0.15, -0.1) is 0 Å². The van der Waals surface area contributed by atoms with Crippen molar-refractivity contribution in [2.75, 3.05) is 7.05 Å². The zero-order valence-corrected chi connectivity index (χ0v) is 47.6. The van der Waals surface area contributed by atoms with E-state index in [2.05, 4.69) is 177 Å². The van der Waals surface area contributed by atoms with Crippen LogP contribution in [0.3, 0.4) is 0 Å². The van der Waals surface area contributed by atoms with Crippen LogP contribution < -0.4 is 0 Å². The number of fused-ring (bicyclic) bond motifs is 2. The van der Waals surface area contributed by atoms with Crippen molar-refractivity contribution in [2.45, 2.75) is 363 Å². The van der Waals surface area contributed by atoms with Crippen molar-refractivity contribution in [3.8, 4) is 0 Å². The molecule has 4 fully saturated rings. The molecule has 0 aromatic heterocycles. The average molecular weight is 933 g/mol. The van der Waals surface area contributed by atoms with Gasteiger partial charge in [0, 0.05) is 19.2 Å². The molecule has 0 N–H and O–H groups in total. The minimum absolute atomic E-state index is 0. The van der Waals surface area contributed by atoms with E-state index in [1.165, 1.54) is 128 Å². The predicted octanol–water partition coefficient (Wildman–Crippen LogP) is 24.6. The molecule has 0 unspecified atom stereocenters. The fraction of sp³-hybridized carbons (Fsp3) is 0.968. The Labute approximate surface area is 419 Å². The summed E-state index contributed by atoms with van der Waals surface area (Å²) in [7, 11) is 1.54. The summed E-state index contributed by atoms with van der Waals surface area (Å²) >= 11 is 0. The fourth-order valence-corrected chi connectivity index (χ4v) is 6.83. The third-order valence-corrected chi connectivity index (χ3v) is 16.0. The van der Waals surface area contributed by atoms with Gasteiger partial charge in [-0.05, 0) is 173 Å². The monoisotopic (exact) mass is 932 g/mol. The second-order valence-corrected chi connectivity index (χ2v) is 31.2. The van der Waals surface area contributed by atoms with Crippen LogP contribution >= 0.6 is 0 Å². The summed E-state index contributed by atoms with van der Waals surface area (Å²) in [6.07, 6.45) is 27.0. The Morgan fingerprint density at radius 1 is 0.438 bits per heavy atom. The number of nitrogens with zero attached hydrogens (tertiary/aromatic N) is 1. The van der Waals surface area contributed by atoms with E-state index >= 15 is 0 Å². The van der Waals surface area contributed by atoms with Gasteiger partial charge in [-0.3, -0.25) is 4.90 Å². The first-order chi connectivity index (χ1) is 26.1. The SMILES string of the molecule is C.C.C.C.C.C.CC.CC1(C)CC1.CC1(C)CCC(C)(C)CC1.CC12CCC(C)(CC1)C2.CC1=C(C)CC1.CCCC.CCCCCC.CC[Si](C)(C)C.CN(C(C)(C)C)C(C)(C)C. The van der Waals surface area contributed by atoms with Crippen LogP contribution in [0.25, 0.3) is 0 Å². The van der Waals surface area contributed by atoms with Gasteiger partial charge in [0.2, 0.25) is 0 Å². The Morgan fingerprint density at radius 3 is 0.703 bits per heavy atom. The first kappa shape index (κ1) is 87.0. The molecule has 0 spiro atoms. The van der Waals surface area contributed by atoms with Gasteiger partial charge in [0.1, 0.15) is 0 Å². The molecule has 0 heterocycles. The Kier molecular flexibility index (Phi) is 55.4. The van der Waals surface area contributed by atoms with Crippen LogP contribution in [0.5, 0.6) is 0 Å². The van der Waals surface area contributed by atoms with E-state index in [-0.39, 0.29) is 55.6 Å². The van der Waals surface area contributed by atoms with Gasteiger partial charge in [-0.2, -0.15) is 0 Å². The zero-order chi connectivity index (χ0) is 46.9. The summed E-state index contributed by atoms with van der Waals surface area (Å²) in [5.41, 5.74) is 7.33. The normalized spacial score (nSPS) is 21.8. The molecule has 1 nitrogen and oxygen atoms in total. The fourth-order valence-electron chi connectivity index (χ4n) is 6.83. The van der Waals surface area contributed by atoms with Gasteiger partial charge in [0.05, 0.1) is 0 Å². The summed E-state index contributed by atoms with van der Waals surface area (Å²) < 4.78 is 0. The van der Waals surface area contributed by atoms with Gasteiger partial charge in [-0.25, -0.2) is 0 Å². The maximum absolute atomic E-state index is 2.46. The minimum Gasteiger partial charge on any atom is -0.297 e. The van der Waals surface area contributed by atoms with Crippen molar-refractivity contribution in [3.63, 3.8) is 0 Å². The number of rotatable bonds is 5. The summed E-state index contributed by atoms with van der Waals surface area (Å²) in [6, 6.07) is 1.41. The van der Waals surface area contributed by atoms with E-state index in [1.807, 2.05) is 13.8 Å². The van der Waals surface area contributed by atoms with Crippen LogP contribution in [0.1, 0.15) is 326 Å². The molecule has 2 heteroatoms. The van der Waals surface area contributed by atoms with E-state index in [0.29, 0.717) is 10.8 Å². The lowest BCUT2D eigenvalue weighted by atomic mass is 9.67. The molecule has 0 atom stereocenters. The average Bonchev–Trinajstić information content (AvgIpc) is 3.61. The van der Waals surface area contributed by atoms with Crippen LogP contribution in [0.15, 0.2) is 11.1 Å². The lowest BCUT2D eigenvalue weighted by Crippen LogP contribution is -2.49.